The predicted octanol–water partition coefficient (Wildman–Crippen LogP) is 4.12. The Kier molecular flexibility index (Phi) is 4.72. The molecular weight excluding hydrogens is 320 g/mol. The van der Waals surface area contributed by atoms with Crippen LogP contribution in [0.15, 0.2) is 16.6 Å². The van der Waals surface area contributed by atoms with Crippen LogP contribution in [0.25, 0.3) is 0 Å². The number of halogens is 5. The van der Waals surface area contributed by atoms with Crippen molar-refractivity contribution in [3.63, 3.8) is 0 Å². The fourth-order valence-corrected chi connectivity index (χ4v) is 1.69. The van der Waals surface area contributed by atoms with Gasteiger partial charge in [0.25, 0.3) is 5.78 Å². The van der Waals surface area contributed by atoms with E-state index in [4.69, 9.17) is 4.74 Å². The molecule has 0 aliphatic heterocycles. The van der Waals surface area contributed by atoms with Crippen molar-refractivity contribution in [3.8, 4) is 5.75 Å². The van der Waals surface area contributed by atoms with Crippen LogP contribution in [0.5, 0.6) is 5.75 Å². The quantitative estimate of drug-likeness (QED) is 0.613. The number of alkyl halides is 3. The molecule has 1 aromatic rings. The van der Waals surface area contributed by atoms with Gasteiger partial charge in [-0.1, -0.05) is 6.92 Å². The molecule has 0 fully saturated rings. The number of hydrogen-bond donors (Lipinski definition) is 0. The van der Waals surface area contributed by atoms with Gasteiger partial charge in [0.1, 0.15) is 0 Å². The van der Waals surface area contributed by atoms with Crippen LogP contribution in [0, 0.1) is 5.82 Å². The molecule has 0 unspecified atom stereocenters. The minimum atomic E-state index is -5.13. The molecule has 100 valence electrons. The summed E-state index contributed by atoms with van der Waals surface area (Å²) in [7, 11) is 0. The third kappa shape index (κ3) is 3.22. The Bertz CT molecular complexity index is 457. The number of rotatable bonds is 4. The molecule has 0 saturated heterocycles. The van der Waals surface area contributed by atoms with E-state index in [0.29, 0.717) is 6.42 Å². The van der Waals surface area contributed by atoms with Gasteiger partial charge in [0.2, 0.25) is 0 Å². The van der Waals surface area contributed by atoms with Crippen molar-refractivity contribution in [3.05, 3.63) is 28.0 Å². The molecule has 1 aromatic carbocycles. The normalized spacial score (nSPS) is 11.4. The number of ether oxygens (including phenoxy) is 1. The molecule has 0 radical (unpaired) electrons. The van der Waals surface area contributed by atoms with Gasteiger partial charge in [-0.05, 0) is 34.5 Å². The molecular formula is C11H9BrF4O2. The smallest absolute Gasteiger partial charge is 0.455 e. The zero-order chi connectivity index (χ0) is 13.9. The lowest BCUT2D eigenvalue weighted by Gasteiger charge is -2.12. The van der Waals surface area contributed by atoms with Crippen LogP contribution in [-0.4, -0.2) is 18.6 Å². The lowest BCUT2D eigenvalue weighted by Crippen LogP contribution is -2.24. The summed E-state index contributed by atoms with van der Waals surface area (Å²) in [5, 5.41) is 0. The van der Waals surface area contributed by atoms with Crippen LogP contribution in [-0.2, 0) is 0 Å². The van der Waals surface area contributed by atoms with Crippen molar-refractivity contribution in [1.82, 2.24) is 0 Å². The average molecular weight is 329 g/mol. The van der Waals surface area contributed by atoms with Crippen LogP contribution in [0.2, 0.25) is 0 Å². The molecule has 0 aromatic heterocycles. The summed E-state index contributed by atoms with van der Waals surface area (Å²) in [6.07, 6.45) is -4.56. The largest absolute Gasteiger partial charge is 0.491 e. The molecule has 0 heterocycles. The van der Waals surface area contributed by atoms with E-state index in [0.717, 1.165) is 6.07 Å². The molecule has 0 spiro atoms. The molecule has 1 rings (SSSR count). The van der Waals surface area contributed by atoms with E-state index in [1.54, 1.807) is 6.92 Å². The van der Waals surface area contributed by atoms with Crippen molar-refractivity contribution in [2.45, 2.75) is 19.5 Å². The third-order valence-electron chi connectivity index (χ3n) is 2.00. The highest BCUT2D eigenvalue weighted by Gasteiger charge is 2.42. The van der Waals surface area contributed by atoms with Crippen LogP contribution >= 0.6 is 15.9 Å². The Morgan fingerprint density at radius 2 is 2.00 bits per heavy atom. The number of carbonyl (C=O) groups excluding carboxylic acids is 1. The molecule has 18 heavy (non-hydrogen) atoms. The van der Waals surface area contributed by atoms with Gasteiger partial charge < -0.3 is 4.74 Å². The average Bonchev–Trinajstić information content (AvgIpc) is 2.27. The van der Waals surface area contributed by atoms with Crippen molar-refractivity contribution in [1.29, 1.82) is 0 Å². The van der Waals surface area contributed by atoms with E-state index in [9.17, 15) is 22.4 Å². The third-order valence-corrected chi connectivity index (χ3v) is 2.66. The Hall–Kier alpha value is -1.11. The number of hydrogen-bond acceptors (Lipinski definition) is 2. The van der Waals surface area contributed by atoms with E-state index < -0.39 is 23.3 Å². The van der Waals surface area contributed by atoms with E-state index in [-0.39, 0.29) is 16.8 Å². The van der Waals surface area contributed by atoms with Crippen molar-refractivity contribution >= 4 is 21.7 Å². The minimum Gasteiger partial charge on any atom is -0.491 e. The molecule has 0 atom stereocenters. The molecule has 2 nitrogen and oxygen atoms in total. The van der Waals surface area contributed by atoms with Gasteiger partial charge in [-0.15, -0.1) is 0 Å². The van der Waals surface area contributed by atoms with E-state index in [2.05, 4.69) is 15.9 Å². The number of ketones is 1. The van der Waals surface area contributed by atoms with Crippen LogP contribution in [0.4, 0.5) is 17.6 Å². The van der Waals surface area contributed by atoms with Gasteiger partial charge in [0, 0.05) is 4.47 Å². The van der Waals surface area contributed by atoms with Crippen molar-refractivity contribution in [2.24, 2.45) is 0 Å². The Morgan fingerprint density at radius 1 is 1.39 bits per heavy atom. The second kappa shape index (κ2) is 5.69. The molecule has 0 amide bonds. The fourth-order valence-electron chi connectivity index (χ4n) is 1.21. The highest BCUT2D eigenvalue weighted by molar-refractivity contribution is 9.10. The SMILES string of the molecule is CCCOc1ccc(Br)c(C(=O)C(F)(F)F)c1F. The summed E-state index contributed by atoms with van der Waals surface area (Å²) in [5.74, 6) is -3.92. The highest BCUT2D eigenvalue weighted by Crippen LogP contribution is 2.32. The maximum Gasteiger partial charge on any atom is 0.455 e. The molecule has 0 aliphatic rings. The Labute approximate surface area is 109 Å². The first-order valence-electron chi connectivity index (χ1n) is 5.01. The van der Waals surface area contributed by atoms with Gasteiger partial charge in [0.15, 0.2) is 11.6 Å². The van der Waals surface area contributed by atoms with Crippen LogP contribution in [0.1, 0.15) is 23.7 Å². The summed E-state index contributed by atoms with van der Waals surface area (Å²) in [4.78, 5) is 11.1. The molecule has 0 N–H and O–H groups in total. The van der Waals surface area contributed by atoms with Gasteiger partial charge in [-0.2, -0.15) is 13.2 Å². The first-order chi connectivity index (χ1) is 8.29. The summed E-state index contributed by atoms with van der Waals surface area (Å²) < 4.78 is 55.3. The first-order valence-corrected chi connectivity index (χ1v) is 5.80. The lowest BCUT2D eigenvalue weighted by molar-refractivity contribution is -0.0888. The van der Waals surface area contributed by atoms with Crippen LogP contribution < -0.4 is 4.74 Å². The summed E-state index contributed by atoms with van der Waals surface area (Å²) in [6.45, 7) is 1.91. The van der Waals surface area contributed by atoms with E-state index in [1.807, 2.05) is 0 Å². The second-order valence-electron chi connectivity index (χ2n) is 3.41. The first kappa shape index (κ1) is 14.9. The second-order valence-corrected chi connectivity index (χ2v) is 4.26. The topological polar surface area (TPSA) is 26.3 Å². The zero-order valence-corrected chi connectivity index (χ0v) is 10.9. The maximum absolute atomic E-state index is 13.8. The fraction of sp³-hybridized carbons (Fsp3) is 0.364. The van der Waals surface area contributed by atoms with Gasteiger partial charge in [-0.3, -0.25) is 4.79 Å². The van der Waals surface area contributed by atoms with E-state index in [1.165, 1.54) is 6.07 Å². The zero-order valence-electron chi connectivity index (χ0n) is 9.28. The highest BCUT2D eigenvalue weighted by atomic mass is 79.9. The Morgan fingerprint density at radius 3 is 2.50 bits per heavy atom. The van der Waals surface area contributed by atoms with Gasteiger partial charge in [-0.25, -0.2) is 4.39 Å². The van der Waals surface area contributed by atoms with E-state index >= 15 is 0 Å². The van der Waals surface area contributed by atoms with Gasteiger partial charge >= 0.3 is 6.18 Å². The lowest BCUT2D eigenvalue weighted by atomic mass is 10.1. The summed E-state index contributed by atoms with van der Waals surface area (Å²) in [6, 6.07) is 2.31. The molecule has 0 bridgehead atoms. The molecule has 7 heteroatoms. The van der Waals surface area contributed by atoms with Crippen LogP contribution in [0.3, 0.4) is 0 Å². The predicted molar refractivity (Wildman–Crippen MR) is 60.3 cm³/mol. The van der Waals surface area contributed by atoms with Crippen molar-refractivity contribution in [2.75, 3.05) is 6.61 Å². The number of Topliss-reactive ketones (excluding diaryl/α,β-unsaturated/α-hetero) is 1. The minimum absolute atomic E-state index is 0.151. The summed E-state index contributed by atoms with van der Waals surface area (Å²) in [5.41, 5.74) is -1.06. The maximum atomic E-state index is 13.8. The molecule has 0 aliphatic carbocycles. The van der Waals surface area contributed by atoms with Crippen molar-refractivity contribution < 1.29 is 27.1 Å². The number of benzene rings is 1. The Balaban J connectivity index is 3.22. The van der Waals surface area contributed by atoms with Gasteiger partial charge in [0.05, 0.1) is 12.2 Å². The standard InChI is InChI=1S/C11H9BrF4O2/c1-2-5-18-7-4-3-6(12)8(9(7)13)10(17)11(14,15)16/h3-4H,2,5H2,1H3. The monoisotopic (exact) mass is 328 g/mol. The molecule has 0 saturated carbocycles. The number of carbonyl (C=O) groups is 1. The summed E-state index contributed by atoms with van der Waals surface area (Å²) >= 11 is 2.73.